The van der Waals surface area contributed by atoms with Gasteiger partial charge in [-0.3, -0.25) is 4.79 Å². The van der Waals surface area contributed by atoms with Gasteiger partial charge >= 0.3 is 0 Å². The summed E-state index contributed by atoms with van der Waals surface area (Å²) in [6.07, 6.45) is 1.51. The lowest BCUT2D eigenvalue weighted by Gasteiger charge is -2.09. The van der Waals surface area contributed by atoms with E-state index in [1.807, 2.05) is 62.4 Å². The number of carbonyl (C=O) groups is 1. The molecule has 0 fully saturated rings. The van der Waals surface area contributed by atoms with Crippen LogP contribution in [0.1, 0.15) is 22.3 Å². The number of amides is 1. The van der Waals surface area contributed by atoms with Crippen molar-refractivity contribution in [2.24, 2.45) is 0 Å². The SMILES string of the molecule is Cc1ccc(NC(=O)/C(C#N)=C/c2ccc(OCc3ccc(I)cc3)c(Cl)c2)cc1C. The lowest BCUT2D eigenvalue weighted by atomic mass is 10.1. The molecule has 0 unspecified atom stereocenters. The highest BCUT2D eigenvalue weighted by molar-refractivity contribution is 14.1. The molecular formula is C25H20ClIN2O2. The number of rotatable bonds is 6. The van der Waals surface area contributed by atoms with Crippen LogP contribution in [0.25, 0.3) is 6.08 Å². The van der Waals surface area contributed by atoms with Crippen LogP contribution in [0.2, 0.25) is 5.02 Å². The Morgan fingerprint density at radius 2 is 1.84 bits per heavy atom. The molecular weight excluding hydrogens is 523 g/mol. The number of aryl methyl sites for hydroxylation is 2. The van der Waals surface area contributed by atoms with Crippen molar-refractivity contribution in [1.29, 1.82) is 5.26 Å². The number of benzene rings is 3. The van der Waals surface area contributed by atoms with Crippen LogP contribution in [-0.2, 0) is 11.4 Å². The quantitative estimate of drug-likeness (QED) is 0.215. The molecule has 3 aromatic rings. The van der Waals surface area contributed by atoms with Crippen LogP contribution in [0.4, 0.5) is 5.69 Å². The Kier molecular flexibility index (Phi) is 7.72. The highest BCUT2D eigenvalue weighted by Gasteiger charge is 2.11. The van der Waals surface area contributed by atoms with Gasteiger partial charge in [0.25, 0.3) is 5.91 Å². The van der Waals surface area contributed by atoms with Crippen molar-refractivity contribution in [3.05, 3.63) is 97.1 Å². The Balaban J connectivity index is 1.70. The van der Waals surface area contributed by atoms with Gasteiger partial charge in [0.1, 0.15) is 24.0 Å². The van der Waals surface area contributed by atoms with Crippen molar-refractivity contribution < 1.29 is 9.53 Å². The molecule has 31 heavy (non-hydrogen) atoms. The van der Waals surface area contributed by atoms with Crippen LogP contribution >= 0.6 is 34.2 Å². The molecule has 1 N–H and O–H groups in total. The van der Waals surface area contributed by atoms with Crippen molar-refractivity contribution in [2.75, 3.05) is 5.32 Å². The zero-order chi connectivity index (χ0) is 22.4. The van der Waals surface area contributed by atoms with Gasteiger partial charge in [0.05, 0.1) is 5.02 Å². The zero-order valence-corrected chi connectivity index (χ0v) is 20.0. The number of carbonyl (C=O) groups excluding carboxylic acids is 1. The second kappa shape index (κ2) is 10.5. The number of halogens is 2. The number of hydrogen-bond acceptors (Lipinski definition) is 3. The van der Waals surface area contributed by atoms with E-state index in [9.17, 15) is 10.1 Å². The molecule has 0 saturated heterocycles. The molecule has 0 radical (unpaired) electrons. The summed E-state index contributed by atoms with van der Waals surface area (Å²) in [5.41, 5.74) is 4.50. The van der Waals surface area contributed by atoms with Crippen molar-refractivity contribution in [2.45, 2.75) is 20.5 Å². The molecule has 156 valence electrons. The van der Waals surface area contributed by atoms with Crippen molar-refractivity contribution in [3.8, 4) is 11.8 Å². The molecule has 3 aromatic carbocycles. The lowest BCUT2D eigenvalue weighted by Crippen LogP contribution is -2.13. The maximum Gasteiger partial charge on any atom is 0.266 e. The molecule has 0 spiro atoms. The van der Waals surface area contributed by atoms with Gasteiger partial charge in [-0.05, 0) is 101 Å². The number of anilines is 1. The molecule has 6 heteroatoms. The van der Waals surface area contributed by atoms with Gasteiger partial charge in [-0.15, -0.1) is 0 Å². The third-order valence-electron chi connectivity index (χ3n) is 4.70. The smallest absolute Gasteiger partial charge is 0.266 e. The van der Waals surface area contributed by atoms with Gasteiger partial charge in [-0.25, -0.2) is 0 Å². The Hall–Kier alpha value is -2.82. The molecule has 3 rings (SSSR count). The third kappa shape index (κ3) is 6.33. The Morgan fingerprint density at radius 1 is 1.10 bits per heavy atom. The summed E-state index contributed by atoms with van der Waals surface area (Å²) in [7, 11) is 0. The summed E-state index contributed by atoms with van der Waals surface area (Å²) < 4.78 is 6.95. The van der Waals surface area contributed by atoms with Gasteiger partial charge < -0.3 is 10.1 Å². The minimum atomic E-state index is -0.471. The molecule has 4 nitrogen and oxygen atoms in total. The fourth-order valence-electron chi connectivity index (χ4n) is 2.80. The third-order valence-corrected chi connectivity index (χ3v) is 5.72. The highest BCUT2D eigenvalue weighted by atomic mass is 127. The van der Waals surface area contributed by atoms with Crippen LogP contribution in [-0.4, -0.2) is 5.91 Å². The maximum atomic E-state index is 12.5. The number of nitrogens with zero attached hydrogens (tertiary/aromatic N) is 1. The summed E-state index contributed by atoms with van der Waals surface area (Å²) in [6, 6.07) is 20.8. The first-order chi connectivity index (χ1) is 14.9. The van der Waals surface area contributed by atoms with Crippen molar-refractivity contribution in [1.82, 2.24) is 0 Å². The van der Waals surface area contributed by atoms with Crippen molar-refractivity contribution in [3.63, 3.8) is 0 Å². The van der Waals surface area contributed by atoms with Gasteiger partial charge in [0.2, 0.25) is 0 Å². The molecule has 1 amide bonds. The Bertz CT molecular complexity index is 1180. The summed E-state index contributed by atoms with van der Waals surface area (Å²) in [4.78, 5) is 12.5. The van der Waals surface area contributed by atoms with Gasteiger partial charge in [0, 0.05) is 9.26 Å². The summed E-state index contributed by atoms with van der Waals surface area (Å²) >= 11 is 8.60. The van der Waals surface area contributed by atoms with E-state index < -0.39 is 5.91 Å². The normalized spacial score (nSPS) is 11.0. The molecule has 0 bridgehead atoms. The number of nitriles is 1. The van der Waals surface area contributed by atoms with Crippen molar-refractivity contribution >= 4 is 51.9 Å². The molecule has 0 heterocycles. The van der Waals surface area contributed by atoms with Crippen LogP contribution < -0.4 is 10.1 Å². The van der Waals surface area contributed by atoms with Crippen LogP contribution in [0, 0.1) is 28.7 Å². The Labute approximate surface area is 200 Å². The van der Waals surface area contributed by atoms with E-state index in [0.717, 1.165) is 20.3 Å². The first-order valence-electron chi connectivity index (χ1n) is 9.53. The van der Waals surface area contributed by atoms with Gasteiger partial charge in [-0.2, -0.15) is 5.26 Å². The predicted molar refractivity (Wildman–Crippen MR) is 133 cm³/mol. The average Bonchev–Trinajstić information content (AvgIpc) is 2.75. The largest absolute Gasteiger partial charge is 0.487 e. The fourth-order valence-corrected chi connectivity index (χ4v) is 3.40. The molecule has 0 aromatic heterocycles. The predicted octanol–water partition coefficient (Wildman–Crippen LogP) is 6.69. The first kappa shape index (κ1) is 22.9. The van der Waals surface area contributed by atoms with E-state index in [1.165, 1.54) is 6.08 Å². The van der Waals surface area contributed by atoms with E-state index in [2.05, 4.69) is 27.9 Å². The Morgan fingerprint density at radius 3 is 2.48 bits per heavy atom. The number of nitrogens with one attached hydrogen (secondary N) is 1. The first-order valence-corrected chi connectivity index (χ1v) is 11.0. The zero-order valence-electron chi connectivity index (χ0n) is 17.1. The average molecular weight is 543 g/mol. The standard InChI is InChI=1S/C25H20ClIN2O2/c1-16-3-9-22(11-17(16)2)29-25(30)20(14-28)12-19-6-10-24(23(26)13-19)31-15-18-4-7-21(27)8-5-18/h3-13H,15H2,1-2H3,(H,29,30)/b20-12+. The topological polar surface area (TPSA) is 62.1 Å². The minimum Gasteiger partial charge on any atom is -0.487 e. The molecule has 0 aliphatic carbocycles. The second-order valence-corrected chi connectivity index (χ2v) is 8.68. The van der Waals surface area contributed by atoms with Crippen LogP contribution in [0.15, 0.2) is 66.2 Å². The van der Waals surface area contributed by atoms with E-state index >= 15 is 0 Å². The molecule has 0 saturated carbocycles. The van der Waals surface area contributed by atoms with E-state index in [1.54, 1.807) is 18.2 Å². The van der Waals surface area contributed by atoms with Crippen LogP contribution in [0.5, 0.6) is 5.75 Å². The fraction of sp³-hybridized carbons (Fsp3) is 0.120. The summed E-state index contributed by atoms with van der Waals surface area (Å²) in [5, 5.41) is 12.6. The lowest BCUT2D eigenvalue weighted by molar-refractivity contribution is -0.112. The second-order valence-electron chi connectivity index (χ2n) is 7.03. The van der Waals surface area contributed by atoms with Gasteiger partial charge in [-0.1, -0.05) is 35.9 Å². The molecule has 0 atom stereocenters. The number of ether oxygens (including phenoxy) is 1. The summed E-state index contributed by atoms with van der Waals surface area (Å²) in [6.45, 7) is 4.36. The van der Waals surface area contributed by atoms with Crippen LogP contribution in [0.3, 0.4) is 0 Å². The highest BCUT2D eigenvalue weighted by Crippen LogP contribution is 2.27. The molecule has 0 aliphatic rings. The maximum absolute atomic E-state index is 12.5. The number of hydrogen-bond donors (Lipinski definition) is 1. The van der Waals surface area contributed by atoms with E-state index in [0.29, 0.717) is 28.6 Å². The van der Waals surface area contributed by atoms with E-state index in [4.69, 9.17) is 16.3 Å². The monoisotopic (exact) mass is 542 g/mol. The minimum absolute atomic E-state index is 0.0122. The van der Waals surface area contributed by atoms with E-state index in [-0.39, 0.29) is 5.57 Å². The van der Waals surface area contributed by atoms with Gasteiger partial charge in [0.15, 0.2) is 0 Å². The summed E-state index contributed by atoms with van der Waals surface area (Å²) in [5.74, 6) is 0.0661. The molecule has 0 aliphatic heterocycles.